The summed E-state index contributed by atoms with van der Waals surface area (Å²) < 4.78 is 42.0. The number of nitrogens with zero attached hydrogens (tertiary/aromatic N) is 2. The second kappa shape index (κ2) is 6.39. The lowest BCUT2D eigenvalue weighted by atomic mass is 9.82. The Labute approximate surface area is 146 Å². The quantitative estimate of drug-likeness (QED) is 0.784. The molecule has 0 amide bonds. The summed E-state index contributed by atoms with van der Waals surface area (Å²) in [5, 5.41) is 0. The lowest BCUT2D eigenvalue weighted by molar-refractivity contribution is 0.00578. The van der Waals surface area contributed by atoms with E-state index in [1.807, 2.05) is 27.7 Å². The second-order valence-electron chi connectivity index (χ2n) is 7.16. The lowest BCUT2D eigenvalue weighted by Crippen LogP contribution is -2.41. The molecule has 25 heavy (non-hydrogen) atoms. The number of halogens is 2. The first kappa shape index (κ1) is 17.8. The molecular weight excluding hydrogens is 325 g/mol. The van der Waals surface area contributed by atoms with Crippen LogP contribution >= 0.6 is 0 Å². The molecule has 1 aromatic carbocycles. The maximum Gasteiger partial charge on any atom is 0.525 e. The molecule has 1 saturated heterocycles. The van der Waals surface area contributed by atoms with Gasteiger partial charge in [0.05, 0.1) is 24.1 Å². The molecule has 132 valence electrons. The number of hydrogen-bond donors (Lipinski definition) is 0. The first-order valence-corrected chi connectivity index (χ1v) is 8.15. The van der Waals surface area contributed by atoms with Gasteiger partial charge >= 0.3 is 7.12 Å². The Morgan fingerprint density at radius 2 is 1.72 bits per heavy atom. The highest BCUT2D eigenvalue weighted by atomic mass is 19.1. The zero-order chi connectivity index (χ0) is 18.2. The van der Waals surface area contributed by atoms with Gasteiger partial charge in [-0.25, -0.2) is 13.8 Å². The third-order valence-corrected chi connectivity index (χ3v) is 4.84. The fraction of sp³-hybridized carbons (Fsp3) is 0.389. The third kappa shape index (κ3) is 3.53. The first-order valence-electron chi connectivity index (χ1n) is 8.15. The van der Waals surface area contributed by atoms with E-state index in [1.54, 1.807) is 35.4 Å². The summed E-state index contributed by atoms with van der Waals surface area (Å²) in [6.07, 6.45) is 4.96. The minimum Gasteiger partial charge on any atom is -0.398 e. The summed E-state index contributed by atoms with van der Waals surface area (Å²) in [4.78, 5) is 3.98. The predicted octanol–water partition coefficient (Wildman–Crippen LogP) is 4.03. The van der Waals surface area contributed by atoms with Gasteiger partial charge in [-0.15, -0.1) is 0 Å². The van der Waals surface area contributed by atoms with E-state index in [-0.39, 0.29) is 12.4 Å². The summed E-state index contributed by atoms with van der Waals surface area (Å²) in [7, 11) is -1.10. The standard InChI is InChI=1S/C18H21BF2N2O2/c1-17(2)18(3,4)25-19(24-17)16(21)15(11-23-10-9-22-12-23)13-5-7-14(20)8-6-13/h5-10,12H,11H2,1-4H3. The van der Waals surface area contributed by atoms with E-state index in [2.05, 4.69) is 4.98 Å². The van der Waals surface area contributed by atoms with E-state index in [9.17, 15) is 4.39 Å². The van der Waals surface area contributed by atoms with Crippen LogP contribution in [0.1, 0.15) is 33.3 Å². The highest BCUT2D eigenvalue weighted by Gasteiger charge is 2.53. The molecule has 1 aromatic heterocycles. The molecule has 7 heteroatoms. The molecule has 1 aliphatic rings. The lowest BCUT2D eigenvalue weighted by Gasteiger charge is -2.32. The van der Waals surface area contributed by atoms with Crippen LogP contribution in [0.4, 0.5) is 8.78 Å². The third-order valence-electron chi connectivity index (χ3n) is 4.84. The number of imidazole rings is 1. The topological polar surface area (TPSA) is 36.3 Å². The van der Waals surface area contributed by atoms with E-state index in [1.165, 1.54) is 12.1 Å². The molecule has 0 radical (unpaired) electrons. The Morgan fingerprint density at radius 3 is 2.24 bits per heavy atom. The molecule has 4 nitrogen and oxygen atoms in total. The predicted molar refractivity (Wildman–Crippen MR) is 92.7 cm³/mol. The number of benzene rings is 1. The average Bonchev–Trinajstić information content (AvgIpc) is 3.11. The van der Waals surface area contributed by atoms with Gasteiger partial charge in [-0.3, -0.25) is 0 Å². The van der Waals surface area contributed by atoms with Gasteiger partial charge in [0.1, 0.15) is 11.5 Å². The molecule has 2 heterocycles. The summed E-state index contributed by atoms with van der Waals surface area (Å²) >= 11 is 0. The molecule has 0 unspecified atom stereocenters. The molecule has 0 bridgehead atoms. The van der Waals surface area contributed by atoms with E-state index in [0.29, 0.717) is 11.1 Å². The monoisotopic (exact) mass is 346 g/mol. The molecule has 2 aromatic rings. The number of aromatic nitrogens is 2. The summed E-state index contributed by atoms with van der Waals surface area (Å²) in [5.74, 6) is -0.373. The molecule has 0 spiro atoms. The minimum absolute atomic E-state index is 0.238. The summed E-state index contributed by atoms with van der Waals surface area (Å²) in [6, 6.07) is 5.71. The Balaban J connectivity index is 2.00. The van der Waals surface area contributed by atoms with Crippen LogP contribution in [-0.4, -0.2) is 27.9 Å². The van der Waals surface area contributed by atoms with Crippen molar-refractivity contribution in [1.29, 1.82) is 0 Å². The number of hydrogen-bond acceptors (Lipinski definition) is 3. The summed E-state index contributed by atoms with van der Waals surface area (Å²) in [5.41, 5.74) is -0.853. The van der Waals surface area contributed by atoms with Crippen molar-refractivity contribution in [2.45, 2.75) is 45.4 Å². The van der Waals surface area contributed by atoms with Crippen LogP contribution in [0.2, 0.25) is 0 Å². The van der Waals surface area contributed by atoms with E-state index in [0.717, 1.165) is 0 Å². The fourth-order valence-corrected chi connectivity index (χ4v) is 2.61. The maximum absolute atomic E-state index is 15.3. The first-order chi connectivity index (χ1) is 11.7. The van der Waals surface area contributed by atoms with Crippen LogP contribution < -0.4 is 0 Å². The van der Waals surface area contributed by atoms with Crippen LogP contribution in [-0.2, 0) is 15.9 Å². The van der Waals surface area contributed by atoms with Crippen molar-refractivity contribution in [2.75, 3.05) is 0 Å². The van der Waals surface area contributed by atoms with Gasteiger partial charge in [0.15, 0.2) is 0 Å². The highest BCUT2D eigenvalue weighted by molar-refractivity contribution is 6.55. The van der Waals surface area contributed by atoms with Gasteiger partial charge in [-0.1, -0.05) is 12.1 Å². The van der Waals surface area contributed by atoms with Crippen LogP contribution in [0.25, 0.3) is 5.57 Å². The van der Waals surface area contributed by atoms with Gasteiger partial charge in [0.25, 0.3) is 0 Å². The van der Waals surface area contributed by atoms with Gasteiger partial charge < -0.3 is 13.9 Å². The van der Waals surface area contributed by atoms with Crippen LogP contribution in [0, 0.1) is 5.82 Å². The second-order valence-corrected chi connectivity index (χ2v) is 7.16. The zero-order valence-corrected chi connectivity index (χ0v) is 14.8. The average molecular weight is 346 g/mol. The van der Waals surface area contributed by atoms with Gasteiger partial charge in [0, 0.05) is 18.0 Å². The molecule has 0 atom stereocenters. The van der Waals surface area contributed by atoms with Crippen molar-refractivity contribution < 1.29 is 18.1 Å². The van der Waals surface area contributed by atoms with Crippen molar-refractivity contribution in [2.24, 2.45) is 0 Å². The smallest absolute Gasteiger partial charge is 0.398 e. The maximum atomic E-state index is 15.3. The number of rotatable bonds is 4. The van der Waals surface area contributed by atoms with Crippen molar-refractivity contribution in [3.63, 3.8) is 0 Å². The molecule has 1 fully saturated rings. The normalized spacial score (nSPS) is 19.8. The molecule has 0 saturated carbocycles. The van der Waals surface area contributed by atoms with Gasteiger partial charge in [0.2, 0.25) is 0 Å². The van der Waals surface area contributed by atoms with Crippen molar-refractivity contribution >= 4 is 12.7 Å². The highest BCUT2D eigenvalue weighted by Crippen LogP contribution is 2.40. The molecule has 3 rings (SSSR count). The molecule has 0 N–H and O–H groups in total. The SMILES string of the molecule is CC1(C)OB(C(F)=C(Cn2ccnc2)c2ccc(F)cc2)OC1(C)C. The fourth-order valence-electron chi connectivity index (χ4n) is 2.61. The Hall–Kier alpha value is -1.99. The molecular formula is C18H21BF2N2O2. The minimum atomic E-state index is -1.10. The Bertz CT molecular complexity index is 755. The molecule has 1 aliphatic heterocycles. The van der Waals surface area contributed by atoms with E-state index >= 15 is 4.39 Å². The summed E-state index contributed by atoms with van der Waals surface area (Å²) in [6.45, 7) is 7.71. The molecule has 0 aliphatic carbocycles. The van der Waals surface area contributed by atoms with Crippen LogP contribution in [0.3, 0.4) is 0 Å². The van der Waals surface area contributed by atoms with Crippen molar-refractivity contribution in [3.05, 3.63) is 60.1 Å². The van der Waals surface area contributed by atoms with Crippen LogP contribution in [0.5, 0.6) is 0 Å². The Morgan fingerprint density at radius 1 is 1.12 bits per heavy atom. The largest absolute Gasteiger partial charge is 0.525 e. The van der Waals surface area contributed by atoms with E-state index < -0.39 is 24.0 Å². The van der Waals surface area contributed by atoms with Crippen molar-refractivity contribution in [1.82, 2.24) is 9.55 Å². The number of allylic oxidation sites excluding steroid dienone is 1. The van der Waals surface area contributed by atoms with E-state index in [4.69, 9.17) is 9.31 Å². The zero-order valence-electron chi connectivity index (χ0n) is 14.8. The van der Waals surface area contributed by atoms with Gasteiger partial charge in [-0.2, -0.15) is 0 Å². The van der Waals surface area contributed by atoms with Crippen LogP contribution in [0.15, 0.2) is 48.7 Å². The Kier molecular flexibility index (Phi) is 4.55. The van der Waals surface area contributed by atoms with Gasteiger partial charge in [-0.05, 0) is 45.4 Å². The van der Waals surface area contributed by atoms with Crippen molar-refractivity contribution in [3.8, 4) is 0 Å².